The Morgan fingerprint density at radius 2 is 2.50 bits per heavy atom. The van der Waals surface area contributed by atoms with Crippen LogP contribution in [-0.2, 0) is 6.54 Å². The third-order valence-electron chi connectivity index (χ3n) is 2.17. The van der Waals surface area contributed by atoms with Crippen molar-refractivity contribution in [2.24, 2.45) is 0 Å². The molecule has 1 aliphatic heterocycles. The lowest BCUT2D eigenvalue weighted by Gasteiger charge is -2.20. The molecular weight excluding hydrogens is 214 g/mol. The van der Waals surface area contributed by atoms with Crippen molar-refractivity contribution in [2.75, 3.05) is 23.8 Å². The molecular formula is C10H15NOS2. The molecule has 0 aromatic carbocycles. The molecule has 0 radical (unpaired) electrons. The molecule has 1 aliphatic rings. The summed E-state index contributed by atoms with van der Waals surface area (Å²) in [6.07, 6.45) is 3.53. The van der Waals surface area contributed by atoms with Gasteiger partial charge in [0.2, 0.25) is 0 Å². The summed E-state index contributed by atoms with van der Waals surface area (Å²) in [6.45, 7) is 2.04. The van der Waals surface area contributed by atoms with Crippen molar-refractivity contribution in [1.82, 2.24) is 5.32 Å². The Kier molecular flexibility index (Phi) is 4.28. The summed E-state index contributed by atoms with van der Waals surface area (Å²) in [4.78, 5) is 0. The largest absolute Gasteiger partial charge is 0.472 e. The van der Waals surface area contributed by atoms with E-state index in [1.807, 2.05) is 6.07 Å². The van der Waals surface area contributed by atoms with Gasteiger partial charge in [-0.3, -0.25) is 0 Å². The van der Waals surface area contributed by atoms with E-state index in [0.29, 0.717) is 0 Å². The van der Waals surface area contributed by atoms with Gasteiger partial charge in [0.05, 0.1) is 12.5 Å². The molecule has 1 unspecified atom stereocenters. The minimum atomic E-state index is 0.792. The van der Waals surface area contributed by atoms with E-state index in [0.717, 1.165) is 18.3 Å². The van der Waals surface area contributed by atoms with Gasteiger partial charge in [-0.15, -0.1) is 0 Å². The predicted molar refractivity (Wildman–Crippen MR) is 64.0 cm³/mol. The fourth-order valence-corrected chi connectivity index (χ4v) is 4.07. The second-order valence-electron chi connectivity index (χ2n) is 3.33. The van der Waals surface area contributed by atoms with Crippen molar-refractivity contribution in [3.05, 3.63) is 24.2 Å². The molecule has 1 saturated heterocycles. The van der Waals surface area contributed by atoms with Crippen molar-refractivity contribution < 1.29 is 4.42 Å². The first-order valence-corrected chi connectivity index (χ1v) is 7.06. The minimum Gasteiger partial charge on any atom is -0.472 e. The number of thioether (sulfide) groups is 2. The number of furan rings is 1. The molecule has 2 heterocycles. The van der Waals surface area contributed by atoms with Gasteiger partial charge in [-0.1, -0.05) is 0 Å². The first-order valence-electron chi connectivity index (χ1n) is 4.86. The van der Waals surface area contributed by atoms with Crippen LogP contribution in [0, 0.1) is 0 Å². The Hall–Kier alpha value is -0.0600. The molecule has 0 aliphatic carbocycles. The molecule has 2 rings (SSSR count). The standard InChI is InChI=1S/C10H15NOS2/c1-2-12-7-9(1)5-11-6-10-8-13-3-4-14-10/h1-2,7,10-11H,3-6,8H2. The summed E-state index contributed by atoms with van der Waals surface area (Å²) in [7, 11) is 0. The van der Waals surface area contributed by atoms with E-state index in [9.17, 15) is 0 Å². The first-order chi connectivity index (χ1) is 6.95. The molecule has 1 aromatic rings. The van der Waals surface area contributed by atoms with E-state index in [2.05, 4.69) is 28.8 Å². The van der Waals surface area contributed by atoms with E-state index >= 15 is 0 Å². The Bertz CT molecular complexity index is 245. The highest BCUT2D eigenvalue weighted by Crippen LogP contribution is 2.23. The SMILES string of the molecule is c1cc(CNCC2CSCCS2)co1. The van der Waals surface area contributed by atoms with Gasteiger partial charge in [-0.05, 0) is 6.07 Å². The average molecular weight is 229 g/mol. The van der Waals surface area contributed by atoms with Crippen molar-refractivity contribution >= 4 is 23.5 Å². The molecule has 4 heteroatoms. The zero-order valence-electron chi connectivity index (χ0n) is 8.07. The normalized spacial score (nSPS) is 22.4. The van der Waals surface area contributed by atoms with Gasteiger partial charge in [-0.25, -0.2) is 0 Å². The summed E-state index contributed by atoms with van der Waals surface area (Å²) < 4.78 is 5.01. The fraction of sp³-hybridized carbons (Fsp3) is 0.600. The molecule has 2 nitrogen and oxygen atoms in total. The third-order valence-corrected chi connectivity index (χ3v) is 5.01. The lowest BCUT2D eigenvalue weighted by molar-refractivity contribution is 0.560. The highest BCUT2D eigenvalue weighted by molar-refractivity contribution is 8.06. The quantitative estimate of drug-likeness (QED) is 0.856. The van der Waals surface area contributed by atoms with Crippen LogP contribution in [0.15, 0.2) is 23.0 Å². The molecule has 1 aromatic heterocycles. The summed E-state index contributed by atoms with van der Waals surface area (Å²) in [5, 5.41) is 4.26. The van der Waals surface area contributed by atoms with Gasteiger partial charge in [0, 0.05) is 41.2 Å². The zero-order chi connectivity index (χ0) is 9.64. The lowest BCUT2D eigenvalue weighted by atomic mass is 10.3. The Balaban J connectivity index is 1.62. The Morgan fingerprint density at radius 1 is 1.50 bits per heavy atom. The zero-order valence-corrected chi connectivity index (χ0v) is 9.70. The van der Waals surface area contributed by atoms with Crippen molar-refractivity contribution in [3.63, 3.8) is 0 Å². The van der Waals surface area contributed by atoms with E-state index < -0.39 is 0 Å². The second kappa shape index (κ2) is 5.73. The van der Waals surface area contributed by atoms with Crippen LogP contribution in [0.1, 0.15) is 5.56 Å². The molecule has 1 fully saturated rings. The molecule has 0 amide bonds. The fourth-order valence-electron chi connectivity index (χ4n) is 1.43. The molecule has 78 valence electrons. The maximum Gasteiger partial charge on any atom is 0.0947 e. The van der Waals surface area contributed by atoms with Crippen LogP contribution >= 0.6 is 23.5 Å². The van der Waals surface area contributed by atoms with Crippen LogP contribution in [0.25, 0.3) is 0 Å². The summed E-state index contributed by atoms with van der Waals surface area (Å²) in [6, 6.07) is 2.01. The molecule has 0 bridgehead atoms. The van der Waals surface area contributed by atoms with Gasteiger partial charge in [-0.2, -0.15) is 23.5 Å². The summed E-state index contributed by atoms with van der Waals surface area (Å²) in [5.74, 6) is 3.93. The first kappa shape index (κ1) is 10.5. The van der Waals surface area contributed by atoms with Gasteiger partial charge in [0.1, 0.15) is 0 Å². The monoisotopic (exact) mass is 229 g/mol. The third kappa shape index (κ3) is 3.26. The highest BCUT2D eigenvalue weighted by Gasteiger charge is 2.13. The molecule has 0 spiro atoms. The van der Waals surface area contributed by atoms with Crippen molar-refractivity contribution in [1.29, 1.82) is 0 Å². The maximum atomic E-state index is 5.01. The average Bonchev–Trinajstić information content (AvgIpc) is 2.72. The second-order valence-corrected chi connectivity index (χ2v) is 5.89. The van der Waals surface area contributed by atoms with E-state index in [1.54, 1.807) is 12.5 Å². The Morgan fingerprint density at radius 3 is 3.21 bits per heavy atom. The Labute approximate surface area is 93.2 Å². The van der Waals surface area contributed by atoms with Crippen LogP contribution in [0.3, 0.4) is 0 Å². The topological polar surface area (TPSA) is 25.2 Å². The number of hydrogen-bond acceptors (Lipinski definition) is 4. The predicted octanol–water partition coefficient (Wildman–Crippen LogP) is 2.22. The van der Waals surface area contributed by atoms with Crippen LogP contribution < -0.4 is 5.32 Å². The molecule has 1 atom stereocenters. The summed E-state index contributed by atoms with van der Waals surface area (Å²) >= 11 is 4.17. The van der Waals surface area contributed by atoms with Gasteiger partial charge in [0.15, 0.2) is 0 Å². The van der Waals surface area contributed by atoms with E-state index in [-0.39, 0.29) is 0 Å². The van der Waals surface area contributed by atoms with Crippen LogP contribution in [0.5, 0.6) is 0 Å². The minimum absolute atomic E-state index is 0.792. The van der Waals surface area contributed by atoms with Crippen molar-refractivity contribution in [2.45, 2.75) is 11.8 Å². The van der Waals surface area contributed by atoms with Gasteiger partial charge < -0.3 is 9.73 Å². The number of nitrogens with one attached hydrogen (secondary N) is 1. The van der Waals surface area contributed by atoms with Crippen LogP contribution in [0.4, 0.5) is 0 Å². The van der Waals surface area contributed by atoms with Crippen LogP contribution in [-0.4, -0.2) is 29.1 Å². The van der Waals surface area contributed by atoms with Crippen molar-refractivity contribution in [3.8, 4) is 0 Å². The van der Waals surface area contributed by atoms with Gasteiger partial charge >= 0.3 is 0 Å². The number of rotatable bonds is 4. The van der Waals surface area contributed by atoms with Crippen LogP contribution in [0.2, 0.25) is 0 Å². The molecule has 14 heavy (non-hydrogen) atoms. The van der Waals surface area contributed by atoms with E-state index in [1.165, 1.54) is 22.8 Å². The smallest absolute Gasteiger partial charge is 0.0947 e. The molecule has 0 saturated carbocycles. The molecule has 1 N–H and O–H groups in total. The maximum absolute atomic E-state index is 5.01. The highest BCUT2D eigenvalue weighted by atomic mass is 32.2. The summed E-state index contributed by atoms with van der Waals surface area (Å²) in [5.41, 5.74) is 1.23. The van der Waals surface area contributed by atoms with E-state index in [4.69, 9.17) is 4.42 Å². The number of hydrogen-bond donors (Lipinski definition) is 1. The van der Waals surface area contributed by atoms with Gasteiger partial charge in [0.25, 0.3) is 0 Å². The lowest BCUT2D eigenvalue weighted by Crippen LogP contribution is -2.28.